The van der Waals surface area contributed by atoms with E-state index in [9.17, 15) is 4.39 Å². The third kappa shape index (κ3) is 3.04. The van der Waals surface area contributed by atoms with Crippen LogP contribution in [0.25, 0.3) is 0 Å². The van der Waals surface area contributed by atoms with Gasteiger partial charge in [-0.25, -0.2) is 4.39 Å². The number of aromatic nitrogens is 2. The minimum Gasteiger partial charge on any atom is -0.324 e. The van der Waals surface area contributed by atoms with Crippen molar-refractivity contribution in [1.29, 1.82) is 0 Å². The number of hydrogen-bond acceptors (Lipinski definition) is 2. The zero-order valence-electron chi connectivity index (χ0n) is 11.0. The highest BCUT2D eigenvalue weighted by Gasteiger charge is 2.17. The molecule has 0 aliphatic carbocycles. The molecule has 0 bridgehead atoms. The van der Waals surface area contributed by atoms with E-state index in [0.717, 1.165) is 17.9 Å². The van der Waals surface area contributed by atoms with Crippen LogP contribution in [0.3, 0.4) is 0 Å². The van der Waals surface area contributed by atoms with Gasteiger partial charge < -0.3 is 5.73 Å². The molecule has 2 rings (SSSR count). The van der Waals surface area contributed by atoms with Crippen LogP contribution in [0.15, 0.2) is 28.7 Å². The Bertz CT molecular complexity index is 560. The molecule has 2 N–H and O–H groups in total. The second-order valence-electron chi connectivity index (χ2n) is 4.54. The molecule has 0 aliphatic heterocycles. The fourth-order valence-corrected chi connectivity index (χ4v) is 2.87. The lowest BCUT2D eigenvalue weighted by molar-refractivity contribution is 0.553. The molecule has 2 aromatic rings. The lowest BCUT2D eigenvalue weighted by Crippen LogP contribution is -2.18. The van der Waals surface area contributed by atoms with Crippen molar-refractivity contribution in [1.82, 2.24) is 9.78 Å². The zero-order valence-corrected chi connectivity index (χ0v) is 12.6. The maximum Gasteiger partial charge on any atom is 0.129 e. The first kappa shape index (κ1) is 14.2. The predicted octanol–water partition coefficient (Wildman–Crippen LogP) is 3.36. The summed E-state index contributed by atoms with van der Waals surface area (Å²) >= 11 is 3.36. The van der Waals surface area contributed by atoms with Gasteiger partial charge in [-0.3, -0.25) is 4.68 Å². The maximum atomic E-state index is 13.9. The third-order valence-corrected chi connectivity index (χ3v) is 3.78. The molecule has 0 aliphatic rings. The monoisotopic (exact) mass is 325 g/mol. The SMILES string of the molecule is CCn1nc(C)cc1CC(N)c1c(F)cccc1Br. The van der Waals surface area contributed by atoms with Gasteiger partial charge in [-0.2, -0.15) is 5.10 Å². The van der Waals surface area contributed by atoms with E-state index in [4.69, 9.17) is 5.73 Å². The molecule has 102 valence electrons. The van der Waals surface area contributed by atoms with Crippen LogP contribution in [-0.2, 0) is 13.0 Å². The highest BCUT2D eigenvalue weighted by molar-refractivity contribution is 9.10. The summed E-state index contributed by atoms with van der Waals surface area (Å²) < 4.78 is 16.5. The van der Waals surface area contributed by atoms with Crippen LogP contribution in [0.4, 0.5) is 4.39 Å². The van der Waals surface area contributed by atoms with Crippen molar-refractivity contribution in [2.24, 2.45) is 5.73 Å². The Labute approximate surface area is 120 Å². The average molecular weight is 326 g/mol. The maximum absolute atomic E-state index is 13.9. The smallest absolute Gasteiger partial charge is 0.129 e. The van der Waals surface area contributed by atoms with Gasteiger partial charge in [-0.15, -0.1) is 0 Å². The Kier molecular flexibility index (Phi) is 4.37. The molecule has 3 nitrogen and oxygen atoms in total. The zero-order chi connectivity index (χ0) is 14.0. The van der Waals surface area contributed by atoms with E-state index in [0.29, 0.717) is 16.5 Å². The van der Waals surface area contributed by atoms with E-state index in [1.807, 2.05) is 24.6 Å². The normalized spacial score (nSPS) is 12.7. The fourth-order valence-electron chi connectivity index (χ4n) is 2.23. The van der Waals surface area contributed by atoms with Crippen molar-refractivity contribution in [3.05, 3.63) is 51.5 Å². The summed E-state index contributed by atoms with van der Waals surface area (Å²) in [5.74, 6) is -0.277. The Morgan fingerprint density at radius 1 is 1.47 bits per heavy atom. The lowest BCUT2D eigenvalue weighted by Gasteiger charge is -2.15. The molecular formula is C14H17BrFN3. The second-order valence-corrected chi connectivity index (χ2v) is 5.39. The molecule has 1 unspecified atom stereocenters. The minimum absolute atomic E-state index is 0.277. The molecule has 0 amide bonds. The van der Waals surface area contributed by atoms with E-state index in [-0.39, 0.29) is 5.82 Å². The highest BCUT2D eigenvalue weighted by atomic mass is 79.9. The van der Waals surface area contributed by atoms with Gasteiger partial charge in [-0.1, -0.05) is 22.0 Å². The summed E-state index contributed by atoms with van der Waals surface area (Å²) in [4.78, 5) is 0. The van der Waals surface area contributed by atoms with Crippen molar-refractivity contribution in [2.45, 2.75) is 32.9 Å². The number of rotatable bonds is 4. The van der Waals surface area contributed by atoms with Crippen LogP contribution in [0.5, 0.6) is 0 Å². The van der Waals surface area contributed by atoms with E-state index >= 15 is 0 Å². The Morgan fingerprint density at radius 2 is 2.21 bits per heavy atom. The summed E-state index contributed by atoms with van der Waals surface area (Å²) in [7, 11) is 0. The molecule has 1 aromatic heterocycles. The van der Waals surface area contributed by atoms with E-state index < -0.39 is 6.04 Å². The van der Waals surface area contributed by atoms with Gasteiger partial charge in [0.2, 0.25) is 0 Å². The summed E-state index contributed by atoms with van der Waals surface area (Å²) in [5, 5.41) is 4.38. The van der Waals surface area contributed by atoms with Crippen molar-refractivity contribution in [3.8, 4) is 0 Å². The van der Waals surface area contributed by atoms with Gasteiger partial charge in [0.25, 0.3) is 0 Å². The molecule has 0 spiro atoms. The number of aryl methyl sites for hydroxylation is 2. The van der Waals surface area contributed by atoms with Crippen molar-refractivity contribution in [2.75, 3.05) is 0 Å². The number of nitrogens with two attached hydrogens (primary N) is 1. The number of hydrogen-bond donors (Lipinski definition) is 1. The van der Waals surface area contributed by atoms with Crippen molar-refractivity contribution >= 4 is 15.9 Å². The van der Waals surface area contributed by atoms with E-state index in [1.54, 1.807) is 12.1 Å². The molecule has 1 atom stereocenters. The van der Waals surface area contributed by atoms with Gasteiger partial charge in [0.05, 0.1) is 5.69 Å². The van der Waals surface area contributed by atoms with Gasteiger partial charge in [-0.05, 0) is 32.0 Å². The van der Waals surface area contributed by atoms with E-state index in [2.05, 4.69) is 21.0 Å². The van der Waals surface area contributed by atoms with Crippen molar-refractivity contribution in [3.63, 3.8) is 0 Å². The van der Waals surface area contributed by atoms with Crippen LogP contribution in [0, 0.1) is 12.7 Å². The molecular weight excluding hydrogens is 309 g/mol. The Balaban J connectivity index is 2.28. The summed E-state index contributed by atoms with van der Waals surface area (Å²) in [6, 6.07) is 6.51. The first-order chi connectivity index (χ1) is 9.02. The molecule has 19 heavy (non-hydrogen) atoms. The molecule has 5 heteroatoms. The molecule has 1 aromatic carbocycles. The minimum atomic E-state index is -0.392. The Morgan fingerprint density at radius 3 is 2.84 bits per heavy atom. The van der Waals surface area contributed by atoms with Crippen LogP contribution in [0.1, 0.15) is 29.9 Å². The first-order valence-electron chi connectivity index (χ1n) is 6.25. The van der Waals surface area contributed by atoms with E-state index in [1.165, 1.54) is 6.07 Å². The van der Waals surface area contributed by atoms with Crippen LogP contribution >= 0.6 is 15.9 Å². The van der Waals surface area contributed by atoms with Crippen molar-refractivity contribution < 1.29 is 4.39 Å². The quantitative estimate of drug-likeness (QED) is 0.936. The topological polar surface area (TPSA) is 43.8 Å². The predicted molar refractivity (Wildman–Crippen MR) is 77.4 cm³/mol. The number of benzene rings is 1. The Hall–Kier alpha value is -1.20. The van der Waals surface area contributed by atoms with Crippen LogP contribution in [0.2, 0.25) is 0 Å². The van der Waals surface area contributed by atoms with Gasteiger partial charge >= 0.3 is 0 Å². The highest BCUT2D eigenvalue weighted by Crippen LogP contribution is 2.27. The van der Waals surface area contributed by atoms with Crippen LogP contribution in [-0.4, -0.2) is 9.78 Å². The number of halogens is 2. The second kappa shape index (κ2) is 5.84. The summed E-state index contributed by atoms with van der Waals surface area (Å²) in [6.07, 6.45) is 0.564. The fraction of sp³-hybridized carbons (Fsp3) is 0.357. The molecule has 0 radical (unpaired) electrons. The standard InChI is InChI=1S/C14H17BrFN3/c1-3-19-10(7-9(2)18-19)8-13(17)14-11(15)5-4-6-12(14)16/h4-7,13H,3,8,17H2,1-2H3. The number of nitrogens with zero attached hydrogens (tertiary/aromatic N) is 2. The molecule has 0 saturated heterocycles. The van der Waals surface area contributed by atoms with Gasteiger partial charge in [0, 0.05) is 34.7 Å². The summed E-state index contributed by atoms with van der Waals surface area (Å²) in [6.45, 7) is 4.76. The first-order valence-corrected chi connectivity index (χ1v) is 7.05. The largest absolute Gasteiger partial charge is 0.324 e. The van der Waals surface area contributed by atoms with Crippen LogP contribution < -0.4 is 5.73 Å². The molecule has 0 fully saturated rings. The van der Waals surface area contributed by atoms with Gasteiger partial charge in [0.15, 0.2) is 0 Å². The molecule has 1 heterocycles. The lowest BCUT2D eigenvalue weighted by atomic mass is 10.0. The van der Waals surface area contributed by atoms with Gasteiger partial charge in [0.1, 0.15) is 5.82 Å². The third-order valence-electron chi connectivity index (χ3n) is 3.08. The summed E-state index contributed by atoms with van der Waals surface area (Å²) in [5.41, 5.74) is 8.65. The molecule has 0 saturated carbocycles. The average Bonchev–Trinajstić information content (AvgIpc) is 2.69.